The second-order valence-electron chi connectivity index (χ2n) is 7.73. The monoisotopic (exact) mass is 424 g/mol. The van der Waals surface area contributed by atoms with Crippen molar-refractivity contribution in [1.82, 2.24) is 20.1 Å². The van der Waals surface area contributed by atoms with Gasteiger partial charge in [0.25, 0.3) is 0 Å². The van der Waals surface area contributed by atoms with Gasteiger partial charge in [0, 0.05) is 26.2 Å². The molecule has 0 radical (unpaired) electrons. The number of para-hydroxylation sites is 1. The number of nitrogens with zero attached hydrogens (tertiary/aromatic N) is 3. The first-order valence-corrected chi connectivity index (χ1v) is 11.1. The first-order chi connectivity index (χ1) is 14.7. The fourth-order valence-corrected chi connectivity index (χ4v) is 4.60. The molecular weight excluding hydrogens is 396 g/mol. The molecule has 4 rings (SSSR count). The summed E-state index contributed by atoms with van der Waals surface area (Å²) in [7, 11) is 1.95. The average molecular weight is 425 g/mol. The first-order valence-electron chi connectivity index (χ1n) is 10.3. The molecule has 1 aliphatic heterocycles. The van der Waals surface area contributed by atoms with Crippen molar-refractivity contribution in [3.63, 3.8) is 0 Å². The molecule has 1 N–H and O–H groups in total. The molecule has 0 unspecified atom stereocenters. The largest absolute Gasteiger partial charge is 0.379 e. The smallest absolute Gasteiger partial charge is 0.234 e. The van der Waals surface area contributed by atoms with Gasteiger partial charge in [-0.15, -0.1) is 11.3 Å². The van der Waals surface area contributed by atoms with Crippen LogP contribution in [0, 0.1) is 0 Å². The van der Waals surface area contributed by atoms with Gasteiger partial charge in [-0.25, -0.2) is 4.98 Å². The molecule has 0 saturated carbocycles. The van der Waals surface area contributed by atoms with E-state index in [1.54, 1.807) is 11.3 Å². The Morgan fingerprint density at radius 2 is 1.87 bits per heavy atom. The number of benzene rings is 2. The SMILES string of the molecule is CN(CC(=O)NCc1ccc(CN2CCOCC2)cc1)Cc1nc2ccccc2s1. The number of rotatable bonds is 8. The van der Waals surface area contributed by atoms with Crippen molar-refractivity contribution in [2.24, 2.45) is 0 Å². The number of fused-ring (bicyclic) bond motifs is 1. The molecule has 1 saturated heterocycles. The number of hydrogen-bond acceptors (Lipinski definition) is 6. The lowest BCUT2D eigenvalue weighted by atomic mass is 10.1. The van der Waals surface area contributed by atoms with E-state index in [-0.39, 0.29) is 5.91 Å². The van der Waals surface area contributed by atoms with Crippen LogP contribution in [0.5, 0.6) is 0 Å². The summed E-state index contributed by atoms with van der Waals surface area (Å²) in [6, 6.07) is 16.6. The Kier molecular flexibility index (Phi) is 7.07. The average Bonchev–Trinajstić information content (AvgIpc) is 3.16. The highest BCUT2D eigenvalue weighted by Crippen LogP contribution is 2.22. The summed E-state index contributed by atoms with van der Waals surface area (Å²) in [5.41, 5.74) is 3.43. The van der Waals surface area contributed by atoms with E-state index in [0.29, 0.717) is 19.6 Å². The minimum absolute atomic E-state index is 0.0241. The summed E-state index contributed by atoms with van der Waals surface area (Å²) in [6.07, 6.45) is 0. The van der Waals surface area contributed by atoms with E-state index in [4.69, 9.17) is 4.74 Å². The molecule has 0 aliphatic carbocycles. The normalized spacial score (nSPS) is 15.0. The summed E-state index contributed by atoms with van der Waals surface area (Å²) in [4.78, 5) is 21.4. The Hall–Kier alpha value is -2.32. The van der Waals surface area contributed by atoms with Crippen LogP contribution in [0.25, 0.3) is 10.2 Å². The van der Waals surface area contributed by atoms with Gasteiger partial charge in [0.2, 0.25) is 5.91 Å². The van der Waals surface area contributed by atoms with Gasteiger partial charge in [-0.3, -0.25) is 14.6 Å². The van der Waals surface area contributed by atoms with Gasteiger partial charge in [0.1, 0.15) is 5.01 Å². The molecule has 7 heteroatoms. The van der Waals surface area contributed by atoms with Crippen LogP contribution in [-0.4, -0.2) is 60.6 Å². The topological polar surface area (TPSA) is 57.7 Å². The van der Waals surface area contributed by atoms with Crippen molar-refractivity contribution in [3.8, 4) is 0 Å². The van der Waals surface area contributed by atoms with E-state index < -0.39 is 0 Å². The molecule has 0 bridgehead atoms. The third-order valence-corrected chi connectivity index (χ3v) is 6.20. The molecule has 0 spiro atoms. The summed E-state index contributed by atoms with van der Waals surface area (Å²) in [5.74, 6) is 0.0241. The number of carbonyl (C=O) groups excluding carboxylic acids is 1. The van der Waals surface area contributed by atoms with Crippen molar-refractivity contribution in [3.05, 3.63) is 64.7 Å². The molecule has 30 heavy (non-hydrogen) atoms. The number of likely N-dealkylation sites (N-methyl/N-ethyl adjacent to an activating group) is 1. The first kappa shape index (κ1) is 20.9. The van der Waals surface area contributed by atoms with Crippen LogP contribution in [0.4, 0.5) is 0 Å². The maximum absolute atomic E-state index is 12.3. The Bertz CT molecular complexity index is 934. The van der Waals surface area contributed by atoms with E-state index >= 15 is 0 Å². The second kappa shape index (κ2) is 10.1. The molecule has 1 fully saturated rings. The Morgan fingerprint density at radius 3 is 2.63 bits per heavy atom. The molecule has 2 aromatic carbocycles. The van der Waals surface area contributed by atoms with E-state index in [1.165, 1.54) is 10.3 Å². The summed E-state index contributed by atoms with van der Waals surface area (Å²) in [5, 5.41) is 4.05. The number of amides is 1. The maximum Gasteiger partial charge on any atom is 0.234 e. The van der Waals surface area contributed by atoms with E-state index in [9.17, 15) is 4.79 Å². The highest BCUT2D eigenvalue weighted by molar-refractivity contribution is 7.18. The molecule has 158 valence electrons. The van der Waals surface area contributed by atoms with E-state index in [2.05, 4.69) is 45.5 Å². The van der Waals surface area contributed by atoms with Gasteiger partial charge in [0.15, 0.2) is 0 Å². The Labute approximate surface area is 181 Å². The number of carbonyl (C=O) groups is 1. The number of morpholine rings is 1. The summed E-state index contributed by atoms with van der Waals surface area (Å²) in [6.45, 7) is 6.13. The van der Waals surface area contributed by atoms with Crippen molar-refractivity contribution in [1.29, 1.82) is 0 Å². The van der Waals surface area contributed by atoms with Gasteiger partial charge in [-0.1, -0.05) is 36.4 Å². The Morgan fingerprint density at radius 1 is 1.13 bits per heavy atom. The molecule has 2 heterocycles. The van der Waals surface area contributed by atoms with Gasteiger partial charge >= 0.3 is 0 Å². The van der Waals surface area contributed by atoms with Crippen molar-refractivity contribution >= 4 is 27.5 Å². The number of ether oxygens (including phenoxy) is 1. The number of thiazole rings is 1. The second-order valence-corrected chi connectivity index (χ2v) is 8.84. The number of nitrogens with one attached hydrogen (secondary N) is 1. The van der Waals surface area contributed by atoms with E-state index in [0.717, 1.165) is 48.9 Å². The van der Waals surface area contributed by atoms with Crippen LogP contribution in [0.3, 0.4) is 0 Å². The van der Waals surface area contributed by atoms with Gasteiger partial charge in [-0.05, 0) is 30.3 Å². The molecule has 1 aliphatic rings. The van der Waals surface area contributed by atoms with Crippen LogP contribution in [0.1, 0.15) is 16.1 Å². The van der Waals surface area contributed by atoms with Crippen LogP contribution in [-0.2, 0) is 29.2 Å². The molecule has 3 aromatic rings. The van der Waals surface area contributed by atoms with Gasteiger partial charge in [0.05, 0.1) is 36.5 Å². The minimum atomic E-state index is 0.0241. The van der Waals surface area contributed by atoms with Crippen molar-refractivity contribution in [2.75, 3.05) is 39.9 Å². The maximum atomic E-state index is 12.3. The molecule has 1 aromatic heterocycles. The summed E-state index contributed by atoms with van der Waals surface area (Å²) >= 11 is 1.68. The quantitative estimate of drug-likeness (QED) is 0.603. The fourth-order valence-electron chi connectivity index (χ4n) is 3.56. The third kappa shape index (κ3) is 5.86. The van der Waals surface area contributed by atoms with Crippen molar-refractivity contribution < 1.29 is 9.53 Å². The van der Waals surface area contributed by atoms with Gasteiger partial charge < -0.3 is 10.1 Å². The highest BCUT2D eigenvalue weighted by Gasteiger charge is 2.12. The zero-order valence-corrected chi connectivity index (χ0v) is 18.2. The molecule has 6 nitrogen and oxygen atoms in total. The lowest BCUT2D eigenvalue weighted by molar-refractivity contribution is -0.122. The van der Waals surface area contributed by atoms with Crippen molar-refractivity contribution in [2.45, 2.75) is 19.6 Å². The lowest BCUT2D eigenvalue weighted by Crippen LogP contribution is -2.35. The molecular formula is C23H28N4O2S. The zero-order valence-electron chi connectivity index (χ0n) is 17.3. The predicted octanol–water partition coefficient (Wildman–Crippen LogP) is 2.88. The fraction of sp³-hybridized carbons (Fsp3) is 0.391. The molecule has 1 amide bonds. The van der Waals surface area contributed by atoms with E-state index in [1.807, 2.05) is 30.1 Å². The van der Waals surface area contributed by atoms with Crippen LogP contribution in [0.15, 0.2) is 48.5 Å². The third-order valence-electron chi connectivity index (χ3n) is 5.18. The zero-order chi connectivity index (χ0) is 20.8. The standard InChI is InChI=1S/C23H28N4O2S/c1-26(17-23-25-20-4-2-3-5-21(20)30-23)16-22(28)24-14-18-6-8-19(9-7-18)15-27-10-12-29-13-11-27/h2-9H,10-17H2,1H3,(H,24,28). The number of aromatic nitrogens is 1. The highest BCUT2D eigenvalue weighted by atomic mass is 32.1. The number of hydrogen-bond donors (Lipinski definition) is 1. The lowest BCUT2D eigenvalue weighted by Gasteiger charge is -2.26. The Balaban J connectivity index is 1.21. The summed E-state index contributed by atoms with van der Waals surface area (Å²) < 4.78 is 6.58. The van der Waals surface area contributed by atoms with Crippen LogP contribution in [0.2, 0.25) is 0 Å². The minimum Gasteiger partial charge on any atom is -0.379 e. The van der Waals surface area contributed by atoms with Crippen LogP contribution < -0.4 is 5.32 Å². The predicted molar refractivity (Wildman–Crippen MR) is 120 cm³/mol. The molecule has 0 atom stereocenters. The van der Waals surface area contributed by atoms with Gasteiger partial charge in [-0.2, -0.15) is 0 Å². The van der Waals surface area contributed by atoms with Crippen LogP contribution >= 0.6 is 11.3 Å².